The Balaban J connectivity index is 2.06. The van der Waals surface area contributed by atoms with Crippen LogP contribution in [0.15, 0.2) is 28.7 Å². The lowest BCUT2D eigenvalue weighted by molar-refractivity contribution is -0.00247. The molecule has 16 heavy (non-hydrogen) atoms. The number of benzene rings is 1. The van der Waals surface area contributed by atoms with Crippen molar-refractivity contribution in [3.05, 3.63) is 28.7 Å². The molecule has 4 heteroatoms. The van der Waals surface area contributed by atoms with E-state index in [4.69, 9.17) is 10.5 Å². The van der Waals surface area contributed by atoms with Gasteiger partial charge in [0.05, 0.1) is 11.6 Å². The van der Waals surface area contributed by atoms with Crippen LogP contribution in [0.1, 0.15) is 12.8 Å². The lowest BCUT2D eigenvalue weighted by Crippen LogP contribution is -2.58. The van der Waals surface area contributed by atoms with E-state index < -0.39 is 0 Å². The van der Waals surface area contributed by atoms with Gasteiger partial charge in [-0.2, -0.15) is 0 Å². The predicted octanol–water partition coefficient (Wildman–Crippen LogP) is 2.37. The van der Waals surface area contributed by atoms with Crippen molar-refractivity contribution in [1.82, 2.24) is 0 Å². The Morgan fingerprint density at radius 1 is 1.50 bits per heavy atom. The third kappa shape index (κ3) is 2.24. The predicted molar refractivity (Wildman–Crippen MR) is 69.6 cm³/mol. The van der Waals surface area contributed by atoms with Gasteiger partial charge in [-0.05, 0) is 40.9 Å². The molecular formula is C12H17BrN2O. The minimum absolute atomic E-state index is 0.00451. The van der Waals surface area contributed by atoms with E-state index in [1.165, 1.54) is 0 Å². The van der Waals surface area contributed by atoms with Crippen molar-refractivity contribution in [2.75, 3.05) is 19.0 Å². The minimum Gasteiger partial charge on any atom is -0.381 e. The highest BCUT2D eigenvalue weighted by molar-refractivity contribution is 9.10. The van der Waals surface area contributed by atoms with Crippen molar-refractivity contribution >= 4 is 21.6 Å². The standard InChI is InChI=1S/C12H17BrN2O/c1-16-9-6-12(7-9,8-14)15-11-5-3-2-4-10(11)13/h2-5,9,15H,6-8,14H2,1H3. The van der Waals surface area contributed by atoms with Crippen molar-refractivity contribution in [2.24, 2.45) is 5.73 Å². The largest absolute Gasteiger partial charge is 0.381 e. The van der Waals surface area contributed by atoms with Gasteiger partial charge in [0.15, 0.2) is 0 Å². The summed E-state index contributed by atoms with van der Waals surface area (Å²) in [5, 5.41) is 3.52. The molecule has 0 amide bonds. The van der Waals surface area contributed by atoms with Gasteiger partial charge in [0.25, 0.3) is 0 Å². The molecule has 3 N–H and O–H groups in total. The highest BCUT2D eigenvalue weighted by atomic mass is 79.9. The summed E-state index contributed by atoms with van der Waals surface area (Å²) in [7, 11) is 1.75. The van der Waals surface area contributed by atoms with Crippen LogP contribution in [-0.2, 0) is 4.74 Å². The van der Waals surface area contributed by atoms with Gasteiger partial charge in [0.2, 0.25) is 0 Å². The SMILES string of the molecule is COC1CC(CN)(Nc2ccccc2Br)C1. The molecule has 0 bridgehead atoms. The summed E-state index contributed by atoms with van der Waals surface area (Å²) in [6.45, 7) is 0.633. The van der Waals surface area contributed by atoms with Gasteiger partial charge in [-0.15, -0.1) is 0 Å². The van der Waals surface area contributed by atoms with E-state index in [-0.39, 0.29) is 5.54 Å². The number of para-hydroxylation sites is 1. The first kappa shape index (κ1) is 11.9. The Kier molecular flexibility index (Phi) is 3.52. The Morgan fingerprint density at radius 3 is 2.75 bits per heavy atom. The maximum Gasteiger partial charge on any atom is 0.0616 e. The molecule has 0 heterocycles. The molecule has 1 saturated carbocycles. The first-order valence-electron chi connectivity index (χ1n) is 5.45. The van der Waals surface area contributed by atoms with Gasteiger partial charge >= 0.3 is 0 Å². The van der Waals surface area contributed by atoms with E-state index in [0.29, 0.717) is 12.6 Å². The quantitative estimate of drug-likeness (QED) is 0.892. The van der Waals surface area contributed by atoms with Crippen LogP contribution in [0.5, 0.6) is 0 Å². The molecular weight excluding hydrogens is 268 g/mol. The molecule has 1 aliphatic rings. The second-order valence-electron chi connectivity index (χ2n) is 4.36. The second kappa shape index (κ2) is 4.73. The normalized spacial score (nSPS) is 28.6. The number of hydrogen-bond donors (Lipinski definition) is 2. The summed E-state index contributed by atoms with van der Waals surface area (Å²) < 4.78 is 6.38. The van der Waals surface area contributed by atoms with E-state index in [2.05, 4.69) is 27.3 Å². The van der Waals surface area contributed by atoms with Crippen molar-refractivity contribution in [3.63, 3.8) is 0 Å². The molecule has 0 aromatic heterocycles. The zero-order chi connectivity index (χ0) is 11.6. The lowest BCUT2D eigenvalue weighted by Gasteiger charge is -2.47. The number of rotatable bonds is 4. The fraction of sp³-hybridized carbons (Fsp3) is 0.500. The number of methoxy groups -OCH3 is 1. The van der Waals surface area contributed by atoms with Crippen molar-refractivity contribution < 1.29 is 4.74 Å². The van der Waals surface area contributed by atoms with Crippen molar-refractivity contribution in [3.8, 4) is 0 Å². The molecule has 0 unspecified atom stereocenters. The van der Waals surface area contributed by atoms with E-state index in [1.54, 1.807) is 7.11 Å². The van der Waals surface area contributed by atoms with Crippen molar-refractivity contribution in [2.45, 2.75) is 24.5 Å². The molecule has 0 spiro atoms. The summed E-state index contributed by atoms with van der Waals surface area (Å²) in [6, 6.07) is 8.10. The van der Waals surface area contributed by atoms with Crippen LogP contribution in [0.25, 0.3) is 0 Å². The molecule has 0 saturated heterocycles. The zero-order valence-corrected chi connectivity index (χ0v) is 11.0. The first-order chi connectivity index (χ1) is 7.69. The van der Waals surface area contributed by atoms with Gasteiger partial charge < -0.3 is 15.8 Å². The topological polar surface area (TPSA) is 47.3 Å². The number of ether oxygens (including phenoxy) is 1. The second-order valence-corrected chi connectivity index (χ2v) is 5.21. The minimum atomic E-state index is 0.00451. The van der Waals surface area contributed by atoms with Crippen LogP contribution in [0.2, 0.25) is 0 Å². The van der Waals surface area contributed by atoms with Gasteiger partial charge in [-0.1, -0.05) is 12.1 Å². The van der Waals surface area contributed by atoms with Crippen LogP contribution in [-0.4, -0.2) is 25.3 Å². The number of halogens is 1. The van der Waals surface area contributed by atoms with E-state index >= 15 is 0 Å². The maximum atomic E-state index is 5.85. The van der Waals surface area contributed by atoms with Gasteiger partial charge in [0, 0.05) is 23.8 Å². The van der Waals surface area contributed by atoms with E-state index in [1.807, 2.05) is 18.2 Å². The summed E-state index contributed by atoms with van der Waals surface area (Å²) >= 11 is 3.53. The molecule has 0 aliphatic heterocycles. The van der Waals surface area contributed by atoms with Crippen LogP contribution >= 0.6 is 15.9 Å². The molecule has 88 valence electrons. The highest BCUT2D eigenvalue weighted by Crippen LogP contribution is 2.38. The maximum absolute atomic E-state index is 5.85. The molecule has 0 atom stereocenters. The fourth-order valence-electron chi connectivity index (χ4n) is 2.15. The van der Waals surface area contributed by atoms with Gasteiger partial charge in [-0.25, -0.2) is 0 Å². The Hall–Kier alpha value is -0.580. The summed E-state index contributed by atoms with van der Waals surface area (Å²) in [5.74, 6) is 0. The number of anilines is 1. The number of nitrogens with two attached hydrogens (primary N) is 1. The average molecular weight is 285 g/mol. The monoisotopic (exact) mass is 284 g/mol. The fourth-order valence-corrected chi connectivity index (χ4v) is 2.53. The van der Waals surface area contributed by atoms with E-state index in [0.717, 1.165) is 23.0 Å². The molecule has 1 aromatic carbocycles. The Bertz CT molecular complexity index is 364. The van der Waals surface area contributed by atoms with Crippen LogP contribution in [0.4, 0.5) is 5.69 Å². The Labute approximate surface area is 104 Å². The van der Waals surface area contributed by atoms with Crippen molar-refractivity contribution in [1.29, 1.82) is 0 Å². The third-order valence-electron chi connectivity index (χ3n) is 3.23. The van der Waals surface area contributed by atoms with Gasteiger partial charge in [-0.3, -0.25) is 0 Å². The number of nitrogens with one attached hydrogen (secondary N) is 1. The molecule has 1 aromatic rings. The highest BCUT2D eigenvalue weighted by Gasteiger charge is 2.43. The average Bonchev–Trinajstić information content (AvgIpc) is 2.25. The molecule has 0 radical (unpaired) electrons. The zero-order valence-electron chi connectivity index (χ0n) is 9.37. The van der Waals surface area contributed by atoms with Crippen LogP contribution in [0, 0.1) is 0 Å². The third-order valence-corrected chi connectivity index (χ3v) is 3.93. The molecule has 3 nitrogen and oxygen atoms in total. The smallest absolute Gasteiger partial charge is 0.0616 e. The first-order valence-corrected chi connectivity index (χ1v) is 6.24. The molecule has 1 aliphatic carbocycles. The summed E-state index contributed by atoms with van der Waals surface area (Å²) in [6.07, 6.45) is 2.29. The Morgan fingerprint density at radius 2 is 2.19 bits per heavy atom. The summed E-state index contributed by atoms with van der Waals surface area (Å²) in [5.41, 5.74) is 6.95. The van der Waals surface area contributed by atoms with Crippen LogP contribution in [0.3, 0.4) is 0 Å². The van der Waals surface area contributed by atoms with Crippen LogP contribution < -0.4 is 11.1 Å². The number of hydrogen-bond acceptors (Lipinski definition) is 3. The molecule has 2 rings (SSSR count). The van der Waals surface area contributed by atoms with E-state index in [9.17, 15) is 0 Å². The lowest BCUT2D eigenvalue weighted by atomic mass is 9.74. The molecule has 1 fully saturated rings. The van der Waals surface area contributed by atoms with Gasteiger partial charge in [0.1, 0.15) is 0 Å². The summed E-state index contributed by atoms with van der Waals surface area (Å²) in [4.78, 5) is 0.